The second-order valence-corrected chi connectivity index (χ2v) is 14.4. The fraction of sp³-hybridized carbons (Fsp3) is 0.432. The number of pyridine rings is 1. The fourth-order valence-electron chi connectivity index (χ4n) is 6.99. The van der Waals surface area contributed by atoms with Crippen molar-refractivity contribution in [2.24, 2.45) is 17.4 Å². The molecule has 1 aromatic carbocycles. The predicted octanol–water partition coefficient (Wildman–Crippen LogP) is 2.93. The number of rotatable bonds is 12. The lowest BCUT2D eigenvalue weighted by Crippen LogP contribution is -2.48. The van der Waals surface area contributed by atoms with Crippen LogP contribution in [0.25, 0.3) is 11.1 Å². The molecule has 0 bridgehead atoms. The van der Waals surface area contributed by atoms with E-state index in [1.54, 1.807) is 20.2 Å². The number of amides is 3. The van der Waals surface area contributed by atoms with Gasteiger partial charge in [-0.1, -0.05) is 25.1 Å². The number of fused-ring (bicyclic) bond motifs is 3. The Labute approximate surface area is 302 Å². The molecule has 1 unspecified atom stereocenters. The monoisotopic (exact) mass is 711 g/mol. The zero-order valence-corrected chi connectivity index (χ0v) is 29.9. The van der Waals surface area contributed by atoms with Crippen LogP contribution in [0.15, 0.2) is 59.7 Å². The van der Waals surface area contributed by atoms with Gasteiger partial charge < -0.3 is 37.2 Å². The van der Waals surface area contributed by atoms with Gasteiger partial charge in [0.2, 0.25) is 11.9 Å². The van der Waals surface area contributed by atoms with Crippen LogP contribution in [0.4, 0.5) is 15.8 Å². The number of nitrogens with two attached hydrogens (primary N) is 2. The first-order valence-electron chi connectivity index (χ1n) is 17.8. The molecule has 52 heavy (non-hydrogen) atoms. The van der Waals surface area contributed by atoms with Gasteiger partial charge in [-0.05, 0) is 50.3 Å². The van der Waals surface area contributed by atoms with Crippen LogP contribution in [0, 0.1) is 11.9 Å². The van der Waals surface area contributed by atoms with Gasteiger partial charge in [0.05, 0.1) is 46.1 Å². The summed E-state index contributed by atoms with van der Waals surface area (Å²) in [5, 5.41) is 13.4. The summed E-state index contributed by atoms with van der Waals surface area (Å²) >= 11 is 0. The van der Waals surface area contributed by atoms with Crippen LogP contribution < -0.4 is 32.3 Å². The van der Waals surface area contributed by atoms with E-state index >= 15 is 4.39 Å². The van der Waals surface area contributed by atoms with Gasteiger partial charge in [0, 0.05) is 64.4 Å². The van der Waals surface area contributed by atoms with E-state index in [-0.39, 0.29) is 53.1 Å². The Kier molecular flexibility index (Phi) is 9.38. The summed E-state index contributed by atoms with van der Waals surface area (Å²) in [5.74, 6) is -1.33. The van der Waals surface area contributed by atoms with Crippen molar-refractivity contribution >= 4 is 29.1 Å². The van der Waals surface area contributed by atoms with Crippen LogP contribution in [0.3, 0.4) is 0 Å². The summed E-state index contributed by atoms with van der Waals surface area (Å²) in [6.07, 6.45) is 5.53. The third kappa shape index (κ3) is 6.92. The van der Waals surface area contributed by atoms with Crippen molar-refractivity contribution in [3.05, 3.63) is 82.7 Å². The molecule has 4 aliphatic rings. The summed E-state index contributed by atoms with van der Waals surface area (Å²) in [6, 6.07) is 10.8. The summed E-state index contributed by atoms with van der Waals surface area (Å²) in [7, 11) is 5.36. The molecule has 2 aliphatic heterocycles. The highest BCUT2D eigenvalue weighted by molar-refractivity contribution is 5.97. The highest BCUT2D eigenvalue weighted by Crippen LogP contribution is 2.50. The molecule has 3 aromatic rings. The predicted molar refractivity (Wildman–Crippen MR) is 195 cm³/mol. The maximum atomic E-state index is 16.1. The quantitative estimate of drug-likeness (QED) is 0.139. The highest BCUT2D eigenvalue weighted by atomic mass is 19.1. The van der Waals surface area contributed by atoms with Crippen LogP contribution in [0.2, 0.25) is 0 Å². The largest absolute Gasteiger partial charge is 0.393 e. The maximum absolute atomic E-state index is 16.1. The lowest BCUT2D eigenvalue weighted by atomic mass is 9.91. The molecule has 7 N–H and O–H groups in total. The van der Waals surface area contributed by atoms with Crippen LogP contribution in [-0.4, -0.2) is 82.6 Å². The van der Waals surface area contributed by atoms with Gasteiger partial charge in [0.1, 0.15) is 17.2 Å². The number of carbonyl (C=O) groups is 3. The molecule has 1 atom stereocenters. The van der Waals surface area contributed by atoms with E-state index in [2.05, 4.69) is 42.8 Å². The van der Waals surface area contributed by atoms with Crippen LogP contribution in [0.5, 0.6) is 0 Å². The Morgan fingerprint density at radius 3 is 2.46 bits per heavy atom. The molecule has 14 nitrogen and oxygen atoms in total. The standard InChI is InChI=1S/C37H46FN11O3/c1-5-28-33-30(34(38)45-49(33)23-18-48(19-23)17-22-8-6-11-26(41-22)37(52)46(2)3)24-9-7-10-25(32(24)47(28)4)43-27(31(40)36(51)42-21-14-15-21)16-29(39)44-35(50)20-12-13-20/h6-11,16,20-21,23,28,43H,5,12-15,17-19,39-40H2,1-4H3,(H,42,51)(H,44,50)/b29-16+,31-27+. The van der Waals surface area contributed by atoms with Crippen molar-refractivity contribution in [3.8, 4) is 11.1 Å². The number of hydrogen-bond donors (Lipinski definition) is 5. The van der Waals surface area contributed by atoms with Crippen molar-refractivity contribution < 1.29 is 18.8 Å². The van der Waals surface area contributed by atoms with Crippen LogP contribution in [-0.2, 0) is 16.1 Å². The Hall–Kier alpha value is -5.44. The fourth-order valence-corrected chi connectivity index (χ4v) is 6.99. The topological polar surface area (TPSA) is 180 Å². The van der Waals surface area contributed by atoms with E-state index in [1.807, 2.05) is 42.1 Å². The third-order valence-electron chi connectivity index (χ3n) is 10.1. The maximum Gasteiger partial charge on any atom is 0.271 e. The molecule has 15 heteroatoms. The smallest absolute Gasteiger partial charge is 0.271 e. The Morgan fingerprint density at radius 1 is 1.06 bits per heavy atom. The number of likely N-dealkylation sites (tertiary alicyclic amines) is 1. The van der Waals surface area contributed by atoms with Gasteiger partial charge in [-0.3, -0.25) is 24.0 Å². The second-order valence-electron chi connectivity index (χ2n) is 14.4. The zero-order valence-electron chi connectivity index (χ0n) is 29.9. The number of allylic oxidation sites excluding steroid dienone is 1. The summed E-state index contributed by atoms with van der Waals surface area (Å²) in [4.78, 5) is 48.4. The van der Waals surface area contributed by atoms with Crippen molar-refractivity contribution in [3.63, 3.8) is 0 Å². The van der Waals surface area contributed by atoms with Gasteiger partial charge in [-0.25, -0.2) is 4.98 Å². The minimum Gasteiger partial charge on any atom is -0.393 e. The average molecular weight is 712 g/mol. The molecule has 1 saturated heterocycles. The molecule has 2 aromatic heterocycles. The third-order valence-corrected chi connectivity index (χ3v) is 10.1. The molecule has 7 rings (SSSR count). The van der Waals surface area contributed by atoms with E-state index in [1.165, 1.54) is 11.0 Å². The van der Waals surface area contributed by atoms with Gasteiger partial charge >= 0.3 is 0 Å². The molecule has 3 fully saturated rings. The first-order chi connectivity index (χ1) is 24.9. The Morgan fingerprint density at radius 2 is 1.79 bits per heavy atom. The molecule has 2 aliphatic carbocycles. The number of aromatic nitrogens is 3. The normalized spacial score (nSPS) is 19.2. The van der Waals surface area contributed by atoms with Crippen molar-refractivity contribution in [1.82, 2.24) is 35.2 Å². The summed E-state index contributed by atoms with van der Waals surface area (Å²) < 4.78 is 17.9. The van der Waals surface area contributed by atoms with E-state index in [4.69, 9.17) is 11.5 Å². The van der Waals surface area contributed by atoms with Gasteiger partial charge in [0.15, 0.2) is 0 Å². The number of carbonyl (C=O) groups excluding carboxylic acids is 3. The molecule has 2 saturated carbocycles. The molecule has 0 radical (unpaired) electrons. The Balaban J connectivity index is 1.17. The Bertz CT molecular complexity index is 1970. The van der Waals surface area contributed by atoms with Gasteiger partial charge in [0.25, 0.3) is 11.8 Å². The lowest BCUT2D eigenvalue weighted by Gasteiger charge is -2.42. The number of para-hydroxylation sites is 1. The molecular formula is C37H46FN11O3. The minimum atomic E-state index is -0.555. The number of benzene rings is 1. The summed E-state index contributed by atoms with van der Waals surface area (Å²) in [5.41, 5.74) is 17.2. The minimum absolute atomic E-state index is 0.0478. The SMILES string of the molecule is CCC1c2c(c(F)nn2C2CN(Cc3cccc(C(=O)N(C)C)n3)C2)-c2cccc(NC(/C=C(\N)NC(=O)C3CC3)=C(/N)C(=O)NC3CC3)c2N1C. The van der Waals surface area contributed by atoms with E-state index in [9.17, 15) is 14.4 Å². The highest BCUT2D eigenvalue weighted by Gasteiger charge is 2.40. The van der Waals surface area contributed by atoms with Gasteiger partial charge in [-0.2, -0.15) is 4.39 Å². The van der Waals surface area contributed by atoms with Crippen molar-refractivity contribution in [2.45, 2.75) is 63.7 Å². The number of nitrogens with zero attached hydrogens (tertiary/aromatic N) is 6. The average Bonchev–Trinajstić information content (AvgIpc) is 4.04. The molecule has 0 spiro atoms. The molecule has 3 amide bonds. The second kappa shape index (κ2) is 13.9. The van der Waals surface area contributed by atoms with Crippen molar-refractivity contribution in [1.29, 1.82) is 0 Å². The molecule has 274 valence electrons. The number of halogens is 1. The summed E-state index contributed by atoms with van der Waals surface area (Å²) in [6.45, 7) is 3.92. The van der Waals surface area contributed by atoms with Crippen molar-refractivity contribution in [2.75, 3.05) is 44.4 Å². The van der Waals surface area contributed by atoms with Crippen LogP contribution in [0.1, 0.15) is 73.0 Å². The number of anilines is 2. The molecular weight excluding hydrogens is 665 g/mol. The number of hydrogen-bond acceptors (Lipinski definition) is 10. The first kappa shape index (κ1) is 35.0. The molecule has 4 heterocycles. The van der Waals surface area contributed by atoms with E-state index in [0.717, 1.165) is 42.8 Å². The van der Waals surface area contributed by atoms with Crippen LogP contribution >= 0.6 is 0 Å². The lowest BCUT2D eigenvalue weighted by molar-refractivity contribution is -0.121. The first-order valence-corrected chi connectivity index (χ1v) is 17.8. The zero-order chi connectivity index (χ0) is 36.8. The van der Waals surface area contributed by atoms with Gasteiger partial charge in [-0.15, -0.1) is 5.10 Å². The number of nitrogens with one attached hydrogen (secondary N) is 3. The van der Waals surface area contributed by atoms with E-state index < -0.39 is 11.9 Å². The van der Waals surface area contributed by atoms with E-state index in [0.29, 0.717) is 48.6 Å².